The van der Waals surface area contributed by atoms with Crippen LogP contribution < -0.4 is 16.4 Å². The molecule has 2 N–H and O–H groups in total. The number of halogens is 1. The molecule has 0 aliphatic rings. The number of hydrogen-bond acceptors (Lipinski definition) is 4. The van der Waals surface area contributed by atoms with Crippen LogP contribution in [-0.4, -0.2) is 15.8 Å². The summed E-state index contributed by atoms with van der Waals surface area (Å²) in [6.07, 6.45) is 0. The number of nitrogens with one attached hydrogen (secondary N) is 2. The van der Waals surface area contributed by atoms with Gasteiger partial charge in [-0.15, -0.1) is 0 Å². The van der Waals surface area contributed by atoms with Crippen molar-refractivity contribution in [3.63, 3.8) is 0 Å². The Morgan fingerprint density at radius 2 is 1.88 bits per heavy atom. The maximum atomic E-state index is 12.2. The van der Waals surface area contributed by atoms with Crippen LogP contribution in [0.15, 0.2) is 53.3 Å². The van der Waals surface area contributed by atoms with Crippen LogP contribution in [-0.2, 0) is 11.3 Å². The van der Waals surface area contributed by atoms with Gasteiger partial charge in [0, 0.05) is 10.6 Å². The van der Waals surface area contributed by atoms with Crippen molar-refractivity contribution in [1.29, 1.82) is 0 Å². The topological polar surface area (TPSA) is 80.2 Å². The van der Waals surface area contributed by atoms with Crippen molar-refractivity contribution >= 4 is 45.0 Å². The highest BCUT2D eigenvalue weighted by molar-refractivity contribution is 7.13. The fourth-order valence-electron chi connectivity index (χ4n) is 2.12. The number of carbonyl (C=O) groups excluding carboxylic acids is 2. The summed E-state index contributed by atoms with van der Waals surface area (Å²) in [5.41, 5.74) is 4.67. The molecule has 8 heteroatoms. The summed E-state index contributed by atoms with van der Waals surface area (Å²) in [4.78, 5) is 36.0. The van der Waals surface area contributed by atoms with Crippen molar-refractivity contribution in [3.8, 4) is 0 Å². The van der Waals surface area contributed by atoms with E-state index in [1.54, 1.807) is 30.3 Å². The number of amides is 2. The van der Waals surface area contributed by atoms with Crippen LogP contribution in [0.2, 0.25) is 5.02 Å². The zero-order valence-corrected chi connectivity index (χ0v) is 13.9. The molecule has 24 heavy (non-hydrogen) atoms. The monoisotopic (exact) mass is 361 g/mol. The van der Waals surface area contributed by atoms with E-state index in [2.05, 4.69) is 10.9 Å². The van der Waals surface area contributed by atoms with Gasteiger partial charge in [0.1, 0.15) is 6.54 Å². The van der Waals surface area contributed by atoms with Crippen LogP contribution in [0.25, 0.3) is 10.1 Å². The van der Waals surface area contributed by atoms with Crippen molar-refractivity contribution < 1.29 is 9.59 Å². The van der Waals surface area contributed by atoms with Crippen molar-refractivity contribution in [3.05, 3.63) is 69.5 Å². The summed E-state index contributed by atoms with van der Waals surface area (Å²) >= 11 is 7.01. The molecule has 1 aromatic heterocycles. The number of nitrogens with zero attached hydrogens (tertiary/aromatic N) is 1. The lowest BCUT2D eigenvalue weighted by molar-refractivity contribution is -0.122. The van der Waals surface area contributed by atoms with Crippen molar-refractivity contribution in [2.24, 2.45) is 0 Å². The molecule has 0 spiro atoms. The number of hydrazine groups is 1. The molecule has 0 unspecified atom stereocenters. The minimum Gasteiger partial charge on any atom is -0.271 e. The average Bonchev–Trinajstić information content (AvgIpc) is 2.89. The second-order valence-corrected chi connectivity index (χ2v) is 6.44. The molecule has 0 bridgehead atoms. The van der Waals surface area contributed by atoms with Gasteiger partial charge in [0.2, 0.25) is 0 Å². The zero-order valence-electron chi connectivity index (χ0n) is 12.3. The summed E-state index contributed by atoms with van der Waals surface area (Å²) < 4.78 is 2.14. The molecule has 122 valence electrons. The third-order valence-corrected chi connectivity index (χ3v) is 4.55. The molecule has 0 atom stereocenters. The first-order valence-electron chi connectivity index (χ1n) is 6.98. The third kappa shape index (κ3) is 3.47. The maximum Gasteiger partial charge on any atom is 0.269 e. The van der Waals surface area contributed by atoms with E-state index in [-0.39, 0.29) is 12.1 Å². The number of carbonyl (C=O) groups is 2. The smallest absolute Gasteiger partial charge is 0.269 e. The molecule has 0 fully saturated rings. The quantitative estimate of drug-likeness (QED) is 0.702. The molecule has 6 nitrogen and oxygen atoms in total. The predicted molar refractivity (Wildman–Crippen MR) is 93.1 cm³/mol. The van der Waals surface area contributed by atoms with E-state index >= 15 is 0 Å². The van der Waals surface area contributed by atoms with Crippen molar-refractivity contribution in [2.45, 2.75) is 6.54 Å². The van der Waals surface area contributed by atoms with Gasteiger partial charge in [-0.1, -0.05) is 41.3 Å². The molecular formula is C16H12ClN3O3S. The van der Waals surface area contributed by atoms with Gasteiger partial charge in [-0.2, -0.15) is 0 Å². The van der Waals surface area contributed by atoms with Crippen LogP contribution in [0, 0.1) is 0 Å². The molecule has 2 amide bonds. The van der Waals surface area contributed by atoms with Crippen molar-refractivity contribution in [2.75, 3.05) is 0 Å². The fraction of sp³-hybridized carbons (Fsp3) is 0.0625. The number of aromatic nitrogens is 1. The molecule has 0 aliphatic heterocycles. The number of benzene rings is 2. The van der Waals surface area contributed by atoms with Gasteiger partial charge >= 0.3 is 0 Å². The highest BCUT2D eigenvalue weighted by Crippen LogP contribution is 2.15. The molecule has 3 rings (SSSR count). The summed E-state index contributed by atoms with van der Waals surface area (Å²) in [5, 5.41) is 0.990. The Kier molecular flexibility index (Phi) is 4.64. The summed E-state index contributed by atoms with van der Waals surface area (Å²) in [6.45, 7) is -0.173. The Morgan fingerprint density at radius 3 is 2.62 bits per heavy atom. The normalized spacial score (nSPS) is 10.5. The molecule has 0 radical (unpaired) electrons. The Bertz CT molecular complexity index is 980. The second kappa shape index (κ2) is 6.86. The predicted octanol–water partition coefficient (Wildman–Crippen LogP) is 2.18. The van der Waals surface area contributed by atoms with E-state index in [0.29, 0.717) is 16.0 Å². The maximum absolute atomic E-state index is 12.2. The van der Waals surface area contributed by atoms with E-state index in [1.165, 1.54) is 21.6 Å². The molecule has 0 saturated heterocycles. The number of hydrogen-bond donors (Lipinski definition) is 2. The van der Waals surface area contributed by atoms with Crippen molar-refractivity contribution in [1.82, 2.24) is 14.8 Å². The Balaban J connectivity index is 1.64. The minimum absolute atomic E-state index is 0.173. The largest absolute Gasteiger partial charge is 0.271 e. The van der Waals surface area contributed by atoms with Crippen LogP contribution in [0.3, 0.4) is 0 Å². The van der Waals surface area contributed by atoms with E-state index in [0.717, 1.165) is 4.70 Å². The van der Waals surface area contributed by atoms with E-state index in [1.807, 2.05) is 12.1 Å². The van der Waals surface area contributed by atoms with Gasteiger partial charge in [-0.25, -0.2) is 0 Å². The van der Waals surface area contributed by atoms with Gasteiger partial charge in [0.05, 0.1) is 10.1 Å². The van der Waals surface area contributed by atoms with Gasteiger partial charge < -0.3 is 0 Å². The van der Waals surface area contributed by atoms with E-state index in [9.17, 15) is 14.4 Å². The van der Waals surface area contributed by atoms with Gasteiger partial charge in [-0.05, 0) is 30.3 Å². The summed E-state index contributed by atoms with van der Waals surface area (Å²) in [6, 6.07) is 13.5. The molecule has 0 aliphatic carbocycles. The first-order valence-corrected chi connectivity index (χ1v) is 8.13. The second-order valence-electron chi connectivity index (χ2n) is 4.94. The SMILES string of the molecule is O=C(Cn1sc2ccccc2c1=O)NNC(=O)c1cccc(Cl)c1. The lowest BCUT2D eigenvalue weighted by Crippen LogP contribution is -2.43. The van der Waals surface area contributed by atoms with Crippen LogP contribution in [0.5, 0.6) is 0 Å². The molecule has 3 aromatic rings. The lowest BCUT2D eigenvalue weighted by atomic mass is 10.2. The zero-order chi connectivity index (χ0) is 17.1. The first kappa shape index (κ1) is 16.2. The van der Waals surface area contributed by atoms with E-state index in [4.69, 9.17) is 11.6 Å². The van der Waals surface area contributed by atoms with Crippen LogP contribution in [0.4, 0.5) is 0 Å². The number of fused-ring (bicyclic) bond motifs is 1. The fourth-order valence-corrected chi connectivity index (χ4v) is 3.30. The van der Waals surface area contributed by atoms with Gasteiger partial charge in [0.15, 0.2) is 0 Å². The van der Waals surface area contributed by atoms with Gasteiger partial charge in [0.25, 0.3) is 17.4 Å². The Hall–Kier alpha value is -2.64. The Morgan fingerprint density at radius 1 is 1.08 bits per heavy atom. The summed E-state index contributed by atoms with van der Waals surface area (Å²) in [5.74, 6) is -0.992. The van der Waals surface area contributed by atoms with E-state index < -0.39 is 11.8 Å². The van der Waals surface area contributed by atoms with Crippen LogP contribution in [0.1, 0.15) is 10.4 Å². The van der Waals surface area contributed by atoms with Gasteiger partial charge in [-0.3, -0.25) is 29.2 Å². The molecule has 1 heterocycles. The summed E-state index contributed by atoms with van der Waals surface area (Å²) in [7, 11) is 0. The first-order chi connectivity index (χ1) is 11.5. The molecular weight excluding hydrogens is 350 g/mol. The standard InChI is InChI=1S/C16H12ClN3O3S/c17-11-5-3-4-10(8-11)15(22)19-18-14(21)9-20-16(23)12-6-1-2-7-13(12)24-20/h1-8H,9H2,(H,18,21)(H,19,22). The number of rotatable bonds is 3. The highest BCUT2D eigenvalue weighted by atomic mass is 35.5. The molecule has 0 saturated carbocycles. The lowest BCUT2D eigenvalue weighted by Gasteiger charge is -2.07. The third-order valence-electron chi connectivity index (χ3n) is 3.24. The highest BCUT2D eigenvalue weighted by Gasteiger charge is 2.12. The molecule has 2 aromatic carbocycles. The Labute approximate surface area is 145 Å². The average molecular weight is 362 g/mol. The minimum atomic E-state index is -0.501. The van der Waals surface area contributed by atoms with Crippen LogP contribution >= 0.6 is 23.1 Å².